The lowest BCUT2D eigenvalue weighted by molar-refractivity contribution is 0.0321. The van der Waals surface area contributed by atoms with Gasteiger partial charge in [0.1, 0.15) is 5.76 Å². The van der Waals surface area contributed by atoms with Crippen molar-refractivity contribution >= 4 is 11.6 Å². The van der Waals surface area contributed by atoms with Crippen LogP contribution in [-0.4, -0.2) is 61.9 Å². The second-order valence-corrected chi connectivity index (χ2v) is 8.94. The summed E-state index contributed by atoms with van der Waals surface area (Å²) >= 11 is 0. The van der Waals surface area contributed by atoms with Gasteiger partial charge in [-0.1, -0.05) is 23.8 Å². The number of anilines is 1. The molecule has 8 heteroatoms. The van der Waals surface area contributed by atoms with Crippen LogP contribution in [0.5, 0.6) is 11.5 Å². The van der Waals surface area contributed by atoms with Crippen molar-refractivity contribution in [2.24, 2.45) is 0 Å². The molecule has 1 fully saturated rings. The molecule has 2 aromatic carbocycles. The Kier molecular flexibility index (Phi) is 7.32. The SMILES string of the molecule is Cc1ccc(NC(=O)c2ccc(CN(CCN3CCOCC3)Cc3ccc4c(c3)OCO4)o2)cc1. The summed E-state index contributed by atoms with van der Waals surface area (Å²) in [6.45, 7) is 8.85. The highest BCUT2D eigenvalue weighted by molar-refractivity contribution is 6.02. The number of rotatable bonds is 9. The molecule has 0 bridgehead atoms. The number of nitrogens with zero attached hydrogens (tertiary/aromatic N) is 2. The lowest BCUT2D eigenvalue weighted by atomic mass is 10.2. The number of amides is 1. The van der Waals surface area contributed by atoms with Crippen LogP contribution in [0.25, 0.3) is 0 Å². The summed E-state index contributed by atoms with van der Waals surface area (Å²) in [6, 6.07) is 17.4. The normalized spacial score (nSPS) is 15.5. The van der Waals surface area contributed by atoms with E-state index in [4.69, 9.17) is 18.6 Å². The molecule has 1 amide bonds. The van der Waals surface area contributed by atoms with E-state index in [9.17, 15) is 4.79 Å². The van der Waals surface area contributed by atoms with Gasteiger partial charge in [0.25, 0.3) is 5.91 Å². The second-order valence-electron chi connectivity index (χ2n) is 8.94. The van der Waals surface area contributed by atoms with E-state index in [2.05, 4.69) is 21.2 Å². The van der Waals surface area contributed by atoms with Crippen molar-refractivity contribution in [2.75, 3.05) is 51.5 Å². The Morgan fingerprint density at radius 2 is 1.77 bits per heavy atom. The first-order chi connectivity index (χ1) is 17.1. The standard InChI is InChI=1S/C27H31N3O5/c1-20-2-5-22(6-3-20)28-27(31)25-9-7-23(35-25)18-30(11-10-29-12-14-32-15-13-29)17-21-4-8-24-26(16-21)34-19-33-24/h2-9,16H,10-15,17-19H2,1H3,(H,28,31). The molecule has 0 unspecified atom stereocenters. The summed E-state index contributed by atoms with van der Waals surface area (Å²) in [5.41, 5.74) is 3.02. The highest BCUT2D eigenvalue weighted by Gasteiger charge is 2.19. The molecule has 0 radical (unpaired) electrons. The van der Waals surface area contributed by atoms with Crippen LogP contribution in [0.15, 0.2) is 59.0 Å². The van der Waals surface area contributed by atoms with Crippen LogP contribution in [0.4, 0.5) is 5.69 Å². The summed E-state index contributed by atoms with van der Waals surface area (Å²) in [4.78, 5) is 17.4. The average molecular weight is 478 g/mol. The molecule has 1 N–H and O–H groups in total. The van der Waals surface area contributed by atoms with E-state index in [1.807, 2.05) is 49.4 Å². The molecule has 0 atom stereocenters. The van der Waals surface area contributed by atoms with Gasteiger partial charge in [0, 0.05) is 38.4 Å². The lowest BCUT2D eigenvalue weighted by Gasteiger charge is -2.29. The number of aryl methyl sites for hydroxylation is 1. The van der Waals surface area contributed by atoms with Crippen LogP contribution in [0.1, 0.15) is 27.4 Å². The first-order valence-electron chi connectivity index (χ1n) is 12.0. The topological polar surface area (TPSA) is 76.4 Å². The maximum absolute atomic E-state index is 12.7. The first kappa shape index (κ1) is 23.4. The fourth-order valence-corrected chi connectivity index (χ4v) is 4.25. The Labute approximate surface area is 205 Å². The highest BCUT2D eigenvalue weighted by Crippen LogP contribution is 2.33. The maximum atomic E-state index is 12.7. The first-order valence-corrected chi connectivity index (χ1v) is 12.0. The van der Waals surface area contributed by atoms with Crippen molar-refractivity contribution in [1.82, 2.24) is 9.80 Å². The summed E-state index contributed by atoms with van der Waals surface area (Å²) in [5, 5.41) is 2.89. The summed E-state index contributed by atoms with van der Waals surface area (Å²) in [5.74, 6) is 2.36. The Bertz CT molecular complexity index is 1140. The van der Waals surface area contributed by atoms with Gasteiger partial charge in [-0.2, -0.15) is 0 Å². The molecule has 8 nitrogen and oxygen atoms in total. The van der Waals surface area contributed by atoms with E-state index < -0.39 is 0 Å². The van der Waals surface area contributed by atoms with Gasteiger partial charge in [0.2, 0.25) is 6.79 Å². The number of morpholine rings is 1. The number of nitrogens with one attached hydrogen (secondary N) is 1. The molecule has 2 aliphatic rings. The van der Waals surface area contributed by atoms with Crippen molar-refractivity contribution in [3.63, 3.8) is 0 Å². The van der Waals surface area contributed by atoms with Crippen molar-refractivity contribution in [3.05, 3.63) is 77.2 Å². The molecule has 5 rings (SSSR count). The second kappa shape index (κ2) is 10.9. The molecular formula is C27H31N3O5. The number of hydrogen-bond acceptors (Lipinski definition) is 7. The third-order valence-corrected chi connectivity index (χ3v) is 6.25. The molecule has 3 heterocycles. The molecule has 0 spiro atoms. The van der Waals surface area contributed by atoms with Crippen molar-refractivity contribution in [3.8, 4) is 11.5 Å². The van der Waals surface area contributed by atoms with Gasteiger partial charge in [-0.3, -0.25) is 14.6 Å². The van der Waals surface area contributed by atoms with Gasteiger partial charge in [-0.15, -0.1) is 0 Å². The molecule has 0 saturated carbocycles. The zero-order chi connectivity index (χ0) is 24.0. The highest BCUT2D eigenvalue weighted by atomic mass is 16.7. The van der Waals surface area contributed by atoms with E-state index in [1.54, 1.807) is 6.07 Å². The molecule has 184 valence electrons. The fourth-order valence-electron chi connectivity index (χ4n) is 4.25. The number of fused-ring (bicyclic) bond motifs is 1. The van der Waals surface area contributed by atoms with Gasteiger partial charge < -0.3 is 23.9 Å². The third kappa shape index (κ3) is 6.22. The van der Waals surface area contributed by atoms with Gasteiger partial charge in [0.05, 0.1) is 19.8 Å². The maximum Gasteiger partial charge on any atom is 0.291 e. The predicted molar refractivity (Wildman–Crippen MR) is 132 cm³/mol. The van der Waals surface area contributed by atoms with E-state index in [0.717, 1.165) is 80.0 Å². The smallest absolute Gasteiger partial charge is 0.291 e. The summed E-state index contributed by atoms with van der Waals surface area (Å²) in [6.07, 6.45) is 0. The van der Waals surface area contributed by atoms with Crippen molar-refractivity contribution in [1.29, 1.82) is 0 Å². The van der Waals surface area contributed by atoms with Crippen LogP contribution < -0.4 is 14.8 Å². The van der Waals surface area contributed by atoms with Crippen LogP contribution in [0.3, 0.4) is 0 Å². The zero-order valence-corrected chi connectivity index (χ0v) is 20.0. The molecule has 1 aromatic heterocycles. The number of carbonyl (C=O) groups is 1. The predicted octanol–water partition coefficient (Wildman–Crippen LogP) is 3.90. The average Bonchev–Trinajstić information content (AvgIpc) is 3.54. The molecule has 35 heavy (non-hydrogen) atoms. The monoisotopic (exact) mass is 477 g/mol. The molecule has 0 aliphatic carbocycles. The number of furan rings is 1. The quantitative estimate of drug-likeness (QED) is 0.501. The minimum Gasteiger partial charge on any atom is -0.455 e. The van der Waals surface area contributed by atoms with Crippen molar-refractivity contribution in [2.45, 2.75) is 20.0 Å². The van der Waals surface area contributed by atoms with Crippen LogP contribution in [0, 0.1) is 6.92 Å². The molecule has 1 saturated heterocycles. The largest absolute Gasteiger partial charge is 0.455 e. The van der Waals surface area contributed by atoms with E-state index in [1.165, 1.54) is 0 Å². The minimum absolute atomic E-state index is 0.254. The Morgan fingerprint density at radius 3 is 2.60 bits per heavy atom. The fraction of sp³-hybridized carbons (Fsp3) is 0.370. The number of benzene rings is 2. The summed E-state index contributed by atoms with van der Waals surface area (Å²) in [7, 11) is 0. The van der Waals surface area contributed by atoms with Crippen LogP contribution >= 0.6 is 0 Å². The van der Waals surface area contributed by atoms with E-state index >= 15 is 0 Å². The number of hydrogen-bond donors (Lipinski definition) is 1. The van der Waals surface area contributed by atoms with E-state index in [0.29, 0.717) is 12.3 Å². The third-order valence-electron chi connectivity index (χ3n) is 6.25. The minimum atomic E-state index is -0.254. The van der Waals surface area contributed by atoms with E-state index in [-0.39, 0.29) is 12.7 Å². The van der Waals surface area contributed by atoms with Gasteiger partial charge in [0.15, 0.2) is 17.3 Å². The van der Waals surface area contributed by atoms with Crippen LogP contribution in [-0.2, 0) is 17.8 Å². The van der Waals surface area contributed by atoms with Gasteiger partial charge in [-0.05, 0) is 48.9 Å². The van der Waals surface area contributed by atoms with Gasteiger partial charge in [-0.25, -0.2) is 0 Å². The lowest BCUT2D eigenvalue weighted by Crippen LogP contribution is -2.41. The Balaban J connectivity index is 1.25. The number of carbonyl (C=O) groups excluding carboxylic acids is 1. The molecular weight excluding hydrogens is 446 g/mol. The Morgan fingerprint density at radius 1 is 0.971 bits per heavy atom. The van der Waals surface area contributed by atoms with Crippen LogP contribution in [0.2, 0.25) is 0 Å². The Hall–Kier alpha value is -3.33. The number of ether oxygens (including phenoxy) is 3. The molecule has 3 aromatic rings. The van der Waals surface area contributed by atoms with Gasteiger partial charge >= 0.3 is 0 Å². The molecule has 2 aliphatic heterocycles. The van der Waals surface area contributed by atoms with Crippen molar-refractivity contribution < 1.29 is 23.4 Å². The zero-order valence-electron chi connectivity index (χ0n) is 20.0. The summed E-state index contributed by atoms with van der Waals surface area (Å²) < 4.78 is 22.4.